The Kier molecular flexibility index (Phi) is 7.00. The van der Waals surface area contributed by atoms with E-state index in [4.69, 9.17) is 4.74 Å². The molecule has 3 aromatic rings. The lowest BCUT2D eigenvalue weighted by Gasteiger charge is -2.19. The van der Waals surface area contributed by atoms with Gasteiger partial charge in [-0.05, 0) is 57.2 Å². The van der Waals surface area contributed by atoms with E-state index < -0.39 is 0 Å². The number of likely N-dealkylation sites (N-methyl/N-ethyl adjacent to an activating group) is 1. The van der Waals surface area contributed by atoms with Crippen molar-refractivity contribution < 1.29 is 19.7 Å². The average Bonchev–Trinajstić information content (AvgIpc) is 2.75. The predicted molar refractivity (Wildman–Crippen MR) is 120 cm³/mol. The molecule has 156 valence electrons. The molecule has 5 nitrogen and oxygen atoms in total. The number of aromatic hydroxyl groups is 2. The summed E-state index contributed by atoms with van der Waals surface area (Å²) in [4.78, 5) is 14.4. The van der Waals surface area contributed by atoms with Crippen LogP contribution in [0.15, 0.2) is 65.1 Å². The minimum absolute atomic E-state index is 0.0819. The van der Waals surface area contributed by atoms with Crippen molar-refractivity contribution in [1.82, 2.24) is 4.90 Å². The average molecular weight is 470 g/mol. The maximum Gasteiger partial charge on any atom is 0.254 e. The van der Waals surface area contributed by atoms with Gasteiger partial charge in [-0.1, -0.05) is 42.5 Å². The number of amides is 1. The van der Waals surface area contributed by atoms with Gasteiger partial charge < -0.3 is 19.8 Å². The number of phenolic OH excluding ortho intramolecular Hbond substituents is 2. The van der Waals surface area contributed by atoms with Crippen molar-refractivity contribution in [2.75, 3.05) is 20.7 Å². The van der Waals surface area contributed by atoms with E-state index in [-0.39, 0.29) is 17.4 Å². The first kappa shape index (κ1) is 21.7. The molecule has 0 saturated carbocycles. The molecule has 2 N–H and O–H groups in total. The second kappa shape index (κ2) is 9.67. The third kappa shape index (κ3) is 5.13. The van der Waals surface area contributed by atoms with Crippen LogP contribution in [0.25, 0.3) is 0 Å². The van der Waals surface area contributed by atoms with Crippen LogP contribution in [0.1, 0.15) is 27.0 Å². The number of carbonyl (C=O) groups is 1. The molecule has 0 heterocycles. The molecule has 0 bridgehead atoms. The van der Waals surface area contributed by atoms with Crippen LogP contribution < -0.4 is 4.74 Å². The van der Waals surface area contributed by atoms with Crippen LogP contribution in [0.3, 0.4) is 0 Å². The molecular weight excluding hydrogens is 446 g/mol. The van der Waals surface area contributed by atoms with Crippen molar-refractivity contribution in [2.24, 2.45) is 0 Å². The van der Waals surface area contributed by atoms with Gasteiger partial charge in [0.2, 0.25) is 0 Å². The molecule has 0 aromatic heterocycles. The summed E-state index contributed by atoms with van der Waals surface area (Å²) in [7, 11) is 3.18. The van der Waals surface area contributed by atoms with Crippen LogP contribution in [-0.2, 0) is 12.8 Å². The maximum absolute atomic E-state index is 12.8. The van der Waals surface area contributed by atoms with Crippen molar-refractivity contribution >= 4 is 21.8 Å². The fourth-order valence-electron chi connectivity index (χ4n) is 3.23. The summed E-state index contributed by atoms with van der Waals surface area (Å²) >= 11 is 3.37. The Labute approximate surface area is 184 Å². The number of methoxy groups -OCH3 is 1. The molecule has 0 aliphatic carbocycles. The van der Waals surface area contributed by atoms with Crippen molar-refractivity contribution in [3.63, 3.8) is 0 Å². The van der Waals surface area contributed by atoms with Crippen LogP contribution >= 0.6 is 15.9 Å². The summed E-state index contributed by atoms with van der Waals surface area (Å²) in [6.07, 6.45) is 1.29. The second-order valence-corrected chi connectivity index (χ2v) is 7.96. The highest BCUT2D eigenvalue weighted by Crippen LogP contribution is 2.33. The first-order chi connectivity index (χ1) is 14.4. The normalized spacial score (nSPS) is 10.6. The number of carbonyl (C=O) groups excluding carboxylic acids is 1. The monoisotopic (exact) mass is 469 g/mol. The standard InChI is InChI=1S/C24H24BrNO4/c1-26(24(29)19-14-22(28)23(30-2)15-20(19)25)11-10-17-8-9-21(27)18(13-17)12-16-6-4-3-5-7-16/h3-9,13-15,27-28H,10-12H2,1-2H3. The van der Waals surface area contributed by atoms with E-state index in [9.17, 15) is 15.0 Å². The van der Waals surface area contributed by atoms with Gasteiger partial charge in [-0.25, -0.2) is 0 Å². The van der Waals surface area contributed by atoms with Gasteiger partial charge in [0.05, 0.1) is 12.7 Å². The zero-order valence-corrected chi connectivity index (χ0v) is 18.5. The zero-order valence-electron chi connectivity index (χ0n) is 16.9. The molecule has 30 heavy (non-hydrogen) atoms. The van der Waals surface area contributed by atoms with Crippen molar-refractivity contribution in [2.45, 2.75) is 12.8 Å². The summed E-state index contributed by atoms with van der Waals surface area (Å²) < 4.78 is 5.62. The highest BCUT2D eigenvalue weighted by atomic mass is 79.9. The minimum Gasteiger partial charge on any atom is -0.508 e. The molecule has 3 rings (SSSR count). The van der Waals surface area contributed by atoms with Gasteiger partial charge >= 0.3 is 0 Å². The van der Waals surface area contributed by atoms with E-state index in [1.165, 1.54) is 13.2 Å². The summed E-state index contributed by atoms with van der Waals surface area (Å²) in [5, 5.41) is 20.2. The summed E-state index contributed by atoms with van der Waals surface area (Å²) in [6, 6.07) is 18.5. The Balaban J connectivity index is 1.68. The van der Waals surface area contributed by atoms with Gasteiger partial charge in [-0.2, -0.15) is 0 Å². The topological polar surface area (TPSA) is 70.0 Å². The second-order valence-electron chi connectivity index (χ2n) is 7.11. The Morgan fingerprint density at radius 2 is 1.73 bits per heavy atom. The summed E-state index contributed by atoms with van der Waals surface area (Å²) in [5.41, 5.74) is 3.39. The van der Waals surface area contributed by atoms with Crippen LogP contribution in [0.2, 0.25) is 0 Å². The van der Waals surface area contributed by atoms with Gasteiger partial charge in [0.15, 0.2) is 11.5 Å². The maximum atomic E-state index is 12.8. The lowest BCUT2D eigenvalue weighted by Crippen LogP contribution is -2.29. The molecule has 0 aliphatic rings. The number of hydrogen-bond donors (Lipinski definition) is 2. The molecule has 0 radical (unpaired) electrons. The van der Waals surface area contributed by atoms with Gasteiger partial charge in [-0.3, -0.25) is 4.79 Å². The number of nitrogens with zero attached hydrogens (tertiary/aromatic N) is 1. The first-order valence-corrected chi connectivity index (χ1v) is 10.3. The number of halogens is 1. The number of hydrogen-bond acceptors (Lipinski definition) is 4. The van der Waals surface area contributed by atoms with Crippen molar-refractivity contribution in [3.8, 4) is 17.2 Å². The molecule has 0 aliphatic heterocycles. The molecule has 0 saturated heterocycles. The molecular formula is C24H24BrNO4. The number of ether oxygens (including phenoxy) is 1. The number of phenols is 2. The van der Waals surface area contributed by atoms with E-state index in [2.05, 4.69) is 15.9 Å². The Hall–Kier alpha value is -2.99. The smallest absolute Gasteiger partial charge is 0.254 e. The third-order valence-electron chi connectivity index (χ3n) is 4.96. The summed E-state index contributed by atoms with van der Waals surface area (Å²) in [6.45, 7) is 0.494. The van der Waals surface area contributed by atoms with Crippen molar-refractivity contribution in [1.29, 1.82) is 0 Å². The number of rotatable bonds is 7. The molecule has 1 amide bonds. The van der Waals surface area contributed by atoms with Crippen LogP contribution in [-0.4, -0.2) is 41.7 Å². The van der Waals surface area contributed by atoms with E-state index in [0.29, 0.717) is 35.2 Å². The quantitative estimate of drug-likeness (QED) is 0.522. The fraction of sp³-hybridized carbons (Fsp3) is 0.208. The van der Waals surface area contributed by atoms with Gasteiger partial charge in [0.1, 0.15) is 5.75 Å². The van der Waals surface area contributed by atoms with E-state index in [1.54, 1.807) is 24.1 Å². The molecule has 6 heteroatoms. The van der Waals surface area contributed by atoms with Crippen LogP contribution in [0, 0.1) is 0 Å². The van der Waals surface area contributed by atoms with Crippen LogP contribution in [0.4, 0.5) is 0 Å². The lowest BCUT2D eigenvalue weighted by atomic mass is 10.0. The van der Waals surface area contributed by atoms with E-state index in [1.807, 2.05) is 42.5 Å². The predicted octanol–water partition coefficient (Wildman–Crippen LogP) is 4.77. The molecule has 3 aromatic carbocycles. The minimum atomic E-state index is -0.205. The third-order valence-corrected chi connectivity index (χ3v) is 5.62. The van der Waals surface area contributed by atoms with Gasteiger partial charge in [0, 0.05) is 24.5 Å². The fourth-order valence-corrected chi connectivity index (χ4v) is 3.72. The molecule has 0 spiro atoms. The SMILES string of the molecule is COc1cc(Br)c(C(=O)N(C)CCc2ccc(O)c(Cc3ccccc3)c2)cc1O. The van der Waals surface area contributed by atoms with Gasteiger partial charge in [-0.15, -0.1) is 0 Å². The molecule has 0 atom stereocenters. The van der Waals surface area contributed by atoms with E-state index in [0.717, 1.165) is 16.7 Å². The Morgan fingerprint density at radius 3 is 2.43 bits per heavy atom. The molecule has 0 fully saturated rings. The Bertz CT molecular complexity index is 1040. The number of benzene rings is 3. The Morgan fingerprint density at radius 1 is 1.00 bits per heavy atom. The van der Waals surface area contributed by atoms with Gasteiger partial charge in [0.25, 0.3) is 5.91 Å². The molecule has 0 unspecified atom stereocenters. The first-order valence-electron chi connectivity index (χ1n) is 9.55. The highest BCUT2D eigenvalue weighted by Gasteiger charge is 2.18. The zero-order chi connectivity index (χ0) is 21.7. The van der Waals surface area contributed by atoms with Crippen LogP contribution in [0.5, 0.6) is 17.2 Å². The lowest BCUT2D eigenvalue weighted by molar-refractivity contribution is 0.0795. The van der Waals surface area contributed by atoms with Crippen molar-refractivity contribution in [3.05, 3.63) is 87.4 Å². The van der Waals surface area contributed by atoms with E-state index >= 15 is 0 Å². The largest absolute Gasteiger partial charge is 0.508 e. The highest BCUT2D eigenvalue weighted by molar-refractivity contribution is 9.10. The summed E-state index contributed by atoms with van der Waals surface area (Å²) in [5.74, 6) is 0.283.